The Hall–Kier alpha value is -2.03. The SMILES string of the molecule is CC(O)C(=O)O.NC(=O)O.NC(=O)O. The zero-order chi connectivity index (χ0) is 12.3. The standard InChI is InChI=1S/C3H6O3.2CH3NO2/c1-2(4)3(5)6;2*2-1(3)4/h2,4H,1H3,(H,5,6);2*2H2,(H,3,4). The Balaban J connectivity index is -0.000000135. The predicted octanol–water partition coefficient (Wildman–Crippen LogP) is -1.30. The van der Waals surface area contributed by atoms with Crippen LogP contribution in [-0.4, -0.2) is 44.7 Å². The van der Waals surface area contributed by atoms with Crippen LogP contribution in [0.1, 0.15) is 6.92 Å². The number of rotatable bonds is 1. The summed E-state index contributed by atoms with van der Waals surface area (Å²) in [5.41, 5.74) is 8.06. The molecule has 0 heterocycles. The van der Waals surface area contributed by atoms with E-state index in [4.69, 9.17) is 30.0 Å². The number of carbonyl (C=O) groups is 3. The van der Waals surface area contributed by atoms with E-state index >= 15 is 0 Å². The number of amides is 2. The van der Waals surface area contributed by atoms with E-state index in [0.29, 0.717) is 0 Å². The molecule has 0 aliphatic carbocycles. The fourth-order valence-electron chi connectivity index (χ4n) is 0. The predicted molar refractivity (Wildman–Crippen MR) is 43.7 cm³/mol. The minimum Gasteiger partial charge on any atom is -0.479 e. The molecule has 0 radical (unpaired) electrons. The Morgan fingerprint density at radius 3 is 1.07 bits per heavy atom. The van der Waals surface area contributed by atoms with Crippen molar-refractivity contribution in [2.24, 2.45) is 11.5 Å². The van der Waals surface area contributed by atoms with Crippen LogP contribution >= 0.6 is 0 Å². The molecule has 0 bridgehead atoms. The van der Waals surface area contributed by atoms with Gasteiger partial charge in [-0.2, -0.15) is 0 Å². The molecule has 0 spiro atoms. The summed E-state index contributed by atoms with van der Waals surface area (Å²) in [5.74, 6) is -1.19. The number of hydrogen-bond donors (Lipinski definition) is 6. The van der Waals surface area contributed by atoms with Gasteiger partial charge < -0.3 is 31.9 Å². The Morgan fingerprint density at radius 1 is 1.00 bits per heavy atom. The van der Waals surface area contributed by atoms with E-state index < -0.39 is 24.3 Å². The van der Waals surface area contributed by atoms with Gasteiger partial charge in [-0.3, -0.25) is 0 Å². The minimum absolute atomic E-state index is 1.19. The Morgan fingerprint density at radius 2 is 1.07 bits per heavy atom. The van der Waals surface area contributed by atoms with Gasteiger partial charge >= 0.3 is 18.2 Å². The molecule has 84 valence electrons. The maximum atomic E-state index is 9.45. The van der Waals surface area contributed by atoms with Crippen LogP contribution in [-0.2, 0) is 4.79 Å². The number of aliphatic hydroxyl groups is 1. The van der Waals surface area contributed by atoms with Crippen LogP contribution in [0.2, 0.25) is 0 Å². The molecule has 2 amide bonds. The number of nitrogens with two attached hydrogens (primary N) is 2. The topological polar surface area (TPSA) is 184 Å². The van der Waals surface area contributed by atoms with Gasteiger partial charge in [-0.25, -0.2) is 14.4 Å². The lowest BCUT2D eigenvalue weighted by atomic mass is 10.4. The first-order chi connectivity index (χ1) is 6.11. The molecular formula is C5H12N2O7. The van der Waals surface area contributed by atoms with Gasteiger partial charge in [0.25, 0.3) is 0 Å². The molecule has 9 nitrogen and oxygen atoms in total. The zero-order valence-corrected chi connectivity index (χ0v) is 7.25. The fraction of sp³-hybridized carbons (Fsp3) is 0.400. The van der Waals surface area contributed by atoms with E-state index in [0.717, 1.165) is 0 Å². The summed E-state index contributed by atoms with van der Waals surface area (Å²) in [6, 6.07) is 0. The second kappa shape index (κ2) is 11.0. The van der Waals surface area contributed by atoms with E-state index in [-0.39, 0.29) is 0 Å². The molecule has 9 heteroatoms. The maximum absolute atomic E-state index is 9.45. The maximum Gasteiger partial charge on any atom is 0.402 e. The summed E-state index contributed by atoms with van der Waals surface area (Å²) in [4.78, 5) is 27.0. The van der Waals surface area contributed by atoms with E-state index in [2.05, 4.69) is 11.5 Å². The monoisotopic (exact) mass is 212 g/mol. The van der Waals surface area contributed by atoms with E-state index in [9.17, 15) is 4.79 Å². The van der Waals surface area contributed by atoms with Crippen LogP contribution in [0.3, 0.4) is 0 Å². The normalized spacial score (nSPS) is 9.29. The van der Waals surface area contributed by atoms with Crippen molar-refractivity contribution < 1.29 is 34.8 Å². The summed E-state index contributed by atoms with van der Waals surface area (Å²) < 4.78 is 0. The average molecular weight is 212 g/mol. The highest BCUT2D eigenvalue weighted by molar-refractivity contribution is 5.71. The highest BCUT2D eigenvalue weighted by atomic mass is 16.4. The van der Waals surface area contributed by atoms with Crippen molar-refractivity contribution in [2.45, 2.75) is 13.0 Å². The lowest BCUT2D eigenvalue weighted by molar-refractivity contribution is -0.145. The Bertz CT molecular complexity index is 171. The molecule has 1 unspecified atom stereocenters. The molecule has 8 N–H and O–H groups in total. The molecular weight excluding hydrogens is 200 g/mol. The molecule has 0 fully saturated rings. The molecule has 14 heavy (non-hydrogen) atoms. The van der Waals surface area contributed by atoms with Gasteiger partial charge in [-0.15, -0.1) is 0 Å². The molecule has 0 saturated heterocycles. The molecule has 0 aliphatic rings. The van der Waals surface area contributed by atoms with Gasteiger partial charge in [0.1, 0.15) is 6.10 Å². The fourth-order valence-corrected chi connectivity index (χ4v) is 0. The molecule has 0 aromatic heterocycles. The number of aliphatic carboxylic acids is 1. The first-order valence-electron chi connectivity index (χ1n) is 2.98. The van der Waals surface area contributed by atoms with Gasteiger partial charge in [-0.05, 0) is 6.92 Å². The van der Waals surface area contributed by atoms with Gasteiger partial charge in [0.2, 0.25) is 0 Å². The van der Waals surface area contributed by atoms with Crippen LogP contribution in [0, 0.1) is 0 Å². The van der Waals surface area contributed by atoms with Crippen molar-refractivity contribution >= 4 is 18.2 Å². The third-order valence-corrected chi connectivity index (χ3v) is 0.357. The lowest BCUT2D eigenvalue weighted by Crippen LogP contribution is -2.13. The molecule has 1 atom stereocenters. The highest BCUT2D eigenvalue weighted by Gasteiger charge is 2.01. The third kappa shape index (κ3) is 207. The van der Waals surface area contributed by atoms with Crippen molar-refractivity contribution in [3.8, 4) is 0 Å². The zero-order valence-electron chi connectivity index (χ0n) is 7.25. The number of carboxylic acids is 1. The molecule has 0 rings (SSSR count). The van der Waals surface area contributed by atoms with Crippen LogP contribution < -0.4 is 11.5 Å². The largest absolute Gasteiger partial charge is 0.479 e. The van der Waals surface area contributed by atoms with Crippen molar-refractivity contribution in [3.63, 3.8) is 0 Å². The van der Waals surface area contributed by atoms with Gasteiger partial charge in [0.05, 0.1) is 0 Å². The average Bonchev–Trinajstić information content (AvgIpc) is 1.83. The second-order valence-electron chi connectivity index (χ2n) is 1.69. The highest BCUT2D eigenvalue weighted by Crippen LogP contribution is 1.73. The van der Waals surface area contributed by atoms with Crippen LogP contribution in [0.5, 0.6) is 0 Å². The molecule has 0 aromatic rings. The van der Waals surface area contributed by atoms with Crippen LogP contribution in [0.25, 0.3) is 0 Å². The summed E-state index contributed by atoms with van der Waals surface area (Å²) in [7, 11) is 0. The van der Waals surface area contributed by atoms with Crippen molar-refractivity contribution in [1.29, 1.82) is 0 Å². The quantitative estimate of drug-likeness (QED) is 0.311. The summed E-state index contributed by atoms with van der Waals surface area (Å²) in [6.45, 7) is 1.20. The summed E-state index contributed by atoms with van der Waals surface area (Å²) >= 11 is 0. The van der Waals surface area contributed by atoms with E-state index in [1.165, 1.54) is 6.92 Å². The third-order valence-electron chi connectivity index (χ3n) is 0.357. The minimum atomic E-state index is -1.33. The molecule has 0 aromatic carbocycles. The number of primary amides is 2. The molecule has 0 aliphatic heterocycles. The first kappa shape index (κ1) is 17.9. The lowest BCUT2D eigenvalue weighted by Gasteiger charge is -1.89. The van der Waals surface area contributed by atoms with Crippen LogP contribution in [0.15, 0.2) is 0 Å². The Kier molecular flexibility index (Phi) is 14.0. The van der Waals surface area contributed by atoms with E-state index in [1.807, 2.05) is 0 Å². The summed E-state index contributed by atoms with van der Waals surface area (Å²) in [5, 5.41) is 30.2. The summed E-state index contributed by atoms with van der Waals surface area (Å²) in [6.07, 6.45) is -3.90. The number of aliphatic hydroxyl groups excluding tert-OH is 1. The van der Waals surface area contributed by atoms with Crippen molar-refractivity contribution in [2.75, 3.05) is 0 Å². The van der Waals surface area contributed by atoms with Gasteiger partial charge in [-0.1, -0.05) is 0 Å². The van der Waals surface area contributed by atoms with Crippen molar-refractivity contribution in [1.82, 2.24) is 0 Å². The van der Waals surface area contributed by atoms with Crippen LogP contribution in [0.4, 0.5) is 9.59 Å². The van der Waals surface area contributed by atoms with E-state index in [1.54, 1.807) is 0 Å². The smallest absolute Gasteiger partial charge is 0.402 e. The Labute approximate surface area is 78.6 Å². The second-order valence-corrected chi connectivity index (χ2v) is 1.69. The number of hydrogen-bond acceptors (Lipinski definition) is 4. The van der Waals surface area contributed by atoms with Crippen molar-refractivity contribution in [3.05, 3.63) is 0 Å². The number of carboxylic acid groups (broad SMARTS) is 3. The first-order valence-corrected chi connectivity index (χ1v) is 2.98. The van der Waals surface area contributed by atoms with Gasteiger partial charge in [0, 0.05) is 0 Å². The van der Waals surface area contributed by atoms with Gasteiger partial charge in [0.15, 0.2) is 0 Å². The molecule has 0 saturated carbocycles.